The Morgan fingerprint density at radius 1 is 1.27 bits per heavy atom. The highest BCUT2D eigenvalue weighted by Crippen LogP contribution is 2.37. The maximum absolute atomic E-state index is 14.9. The van der Waals surface area contributed by atoms with E-state index in [9.17, 15) is 22.4 Å². The average Bonchev–Trinajstić information content (AvgIpc) is 3.09. The summed E-state index contributed by atoms with van der Waals surface area (Å²) >= 11 is 1.17. The molecule has 1 aliphatic heterocycles. The molecule has 2 aromatic rings. The molecule has 1 aliphatic rings. The highest BCUT2D eigenvalue weighted by atomic mass is 32.2. The monoisotopic (exact) mass is 500 g/mol. The van der Waals surface area contributed by atoms with Crippen molar-refractivity contribution in [3.8, 4) is 11.5 Å². The maximum atomic E-state index is 14.9. The van der Waals surface area contributed by atoms with E-state index in [0.717, 1.165) is 6.26 Å². The number of fused-ring (bicyclic) bond motifs is 1. The van der Waals surface area contributed by atoms with Gasteiger partial charge >= 0.3 is 6.09 Å². The number of thioether (sulfide) groups is 1. The van der Waals surface area contributed by atoms with Gasteiger partial charge in [-0.05, 0) is 46.8 Å². The molecule has 1 aromatic carbocycles. The number of hydrogen-bond acceptors (Lipinski definition) is 9. The third kappa shape index (κ3) is 5.46. The number of carbonyl (C=O) groups excluding carboxylic acids is 2. The average molecular weight is 501 g/mol. The predicted octanol–water partition coefficient (Wildman–Crippen LogP) is 3.09. The van der Waals surface area contributed by atoms with Gasteiger partial charge in [0.1, 0.15) is 22.2 Å². The number of carbonyl (C=O) groups is 2. The molecule has 10 nitrogen and oxygen atoms in total. The van der Waals surface area contributed by atoms with Crippen LogP contribution in [0.2, 0.25) is 0 Å². The fourth-order valence-electron chi connectivity index (χ4n) is 2.70. The Bertz CT molecular complexity index is 1200. The maximum Gasteiger partial charge on any atom is 0.408 e. The molecule has 180 valence electrons. The Morgan fingerprint density at radius 2 is 1.94 bits per heavy atom. The Balaban J connectivity index is 1.86. The molecule has 2 amide bonds. The number of nitrogens with zero attached hydrogens (tertiary/aromatic N) is 2. The summed E-state index contributed by atoms with van der Waals surface area (Å²) in [6.45, 7) is 7.92. The van der Waals surface area contributed by atoms with E-state index in [1.165, 1.54) is 37.7 Å². The van der Waals surface area contributed by atoms with Crippen LogP contribution < -0.4 is 10.6 Å². The van der Waals surface area contributed by atoms with Crippen LogP contribution in [0.3, 0.4) is 0 Å². The largest absolute Gasteiger partial charge is 0.444 e. The van der Waals surface area contributed by atoms with Gasteiger partial charge in [-0.25, -0.2) is 17.6 Å². The van der Waals surface area contributed by atoms with Crippen LogP contribution >= 0.6 is 11.8 Å². The first-order valence-corrected chi connectivity index (χ1v) is 12.8. The highest BCUT2D eigenvalue weighted by molar-refractivity contribution is 7.99. The standard InChI is InChI=1S/C20H25FN4O6S2/c1-19(2,3)31-18(27)23-13-9-32-14-8-11(21)10(7-12(14)22-15(13)26)16-24-25-17(30-16)20(4,5)33(6,28)29/h7-8,13H,9H2,1-6H3,(H,22,26)(H,23,27)/t13-/m0/s1. The van der Waals surface area contributed by atoms with Gasteiger partial charge in [-0.1, -0.05) is 0 Å². The van der Waals surface area contributed by atoms with E-state index < -0.39 is 44.0 Å². The lowest BCUT2D eigenvalue weighted by Gasteiger charge is -2.22. The first kappa shape index (κ1) is 25.0. The Labute approximate surface area is 195 Å². The normalized spacial score (nSPS) is 17.1. The van der Waals surface area contributed by atoms with Gasteiger partial charge in [0.15, 0.2) is 9.84 Å². The van der Waals surface area contributed by atoms with E-state index in [0.29, 0.717) is 4.90 Å². The van der Waals surface area contributed by atoms with Crippen LogP contribution in [-0.4, -0.2) is 54.3 Å². The lowest BCUT2D eigenvalue weighted by atomic mass is 10.1. The molecule has 0 fully saturated rings. The van der Waals surface area contributed by atoms with Crippen molar-refractivity contribution in [2.45, 2.75) is 55.9 Å². The molecule has 0 aliphatic carbocycles. The lowest BCUT2D eigenvalue weighted by molar-refractivity contribution is -0.117. The van der Waals surface area contributed by atoms with Gasteiger partial charge in [-0.15, -0.1) is 22.0 Å². The first-order valence-electron chi connectivity index (χ1n) is 9.89. The van der Waals surface area contributed by atoms with Gasteiger partial charge in [0.05, 0.1) is 11.3 Å². The van der Waals surface area contributed by atoms with Crippen LogP contribution in [0.15, 0.2) is 21.4 Å². The summed E-state index contributed by atoms with van der Waals surface area (Å²) in [5.74, 6) is -1.46. The number of anilines is 1. The minimum atomic E-state index is -3.58. The summed E-state index contributed by atoms with van der Waals surface area (Å²) in [5.41, 5.74) is -0.540. The van der Waals surface area contributed by atoms with Crippen molar-refractivity contribution < 1.29 is 31.6 Å². The molecule has 0 unspecified atom stereocenters. The topological polar surface area (TPSA) is 140 Å². The third-order valence-electron chi connectivity index (χ3n) is 4.84. The number of sulfone groups is 1. The smallest absolute Gasteiger partial charge is 0.408 e. The number of nitrogens with one attached hydrogen (secondary N) is 2. The van der Waals surface area contributed by atoms with Crippen LogP contribution in [0, 0.1) is 5.82 Å². The predicted molar refractivity (Wildman–Crippen MR) is 120 cm³/mol. The van der Waals surface area contributed by atoms with Crippen molar-refractivity contribution in [2.75, 3.05) is 17.3 Å². The fraction of sp³-hybridized carbons (Fsp3) is 0.500. The molecule has 1 aromatic heterocycles. The summed E-state index contributed by atoms with van der Waals surface area (Å²) in [4.78, 5) is 25.1. The SMILES string of the molecule is CC(C)(C)OC(=O)N[C@H]1CSc2cc(F)c(-c3nnc(C(C)(C)S(C)(=O)=O)o3)cc2NC1=O. The van der Waals surface area contributed by atoms with Gasteiger partial charge in [-0.3, -0.25) is 4.79 Å². The molecule has 33 heavy (non-hydrogen) atoms. The van der Waals surface area contributed by atoms with Crippen LogP contribution in [0.5, 0.6) is 0 Å². The van der Waals surface area contributed by atoms with Crippen LogP contribution in [0.4, 0.5) is 14.9 Å². The van der Waals surface area contributed by atoms with E-state index in [4.69, 9.17) is 9.15 Å². The van der Waals surface area contributed by atoms with Crippen LogP contribution in [-0.2, 0) is 24.1 Å². The van der Waals surface area contributed by atoms with Crippen molar-refractivity contribution in [3.63, 3.8) is 0 Å². The summed E-state index contributed by atoms with van der Waals surface area (Å²) in [5, 5.41) is 12.7. The second-order valence-corrected chi connectivity index (χ2v) is 12.6. The van der Waals surface area contributed by atoms with E-state index in [2.05, 4.69) is 20.8 Å². The van der Waals surface area contributed by atoms with Crippen molar-refractivity contribution in [3.05, 3.63) is 23.8 Å². The summed E-state index contributed by atoms with van der Waals surface area (Å²) in [6.07, 6.45) is 0.293. The van der Waals surface area contributed by atoms with E-state index in [1.807, 2.05) is 0 Å². The number of halogens is 1. The van der Waals surface area contributed by atoms with Gasteiger partial charge < -0.3 is 19.8 Å². The van der Waals surface area contributed by atoms with E-state index in [1.54, 1.807) is 20.8 Å². The zero-order chi connectivity index (χ0) is 24.8. The quantitative estimate of drug-likeness (QED) is 0.648. The molecule has 0 radical (unpaired) electrons. The molecular weight excluding hydrogens is 475 g/mol. The minimum absolute atomic E-state index is 0.101. The van der Waals surface area contributed by atoms with Gasteiger partial charge in [-0.2, -0.15) is 0 Å². The number of rotatable bonds is 4. The van der Waals surface area contributed by atoms with E-state index >= 15 is 0 Å². The molecule has 0 saturated heterocycles. The zero-order valence-corrected chi connectivity index (χ0v) is 20.6. The number of amides is 2. The molecular formula is C20H25FN4O6S2. The van der Waals surface area contributed by atoms with Crippen molar-refractivity contribution in [1.29, 1.82) is 0 Å². The van der Waals surface area contributed by atoms with Crippen LogP contribution in [0.1, 0.15) is 40.5 Å². The van der Waals surface area contributed by atoms with Crippen molar-refractivity contribution in [1.82, 2.24) is 15.5 Å². The molecule has 0 saturated carbocycles. The second-order valence-electron chi connectivity index (χ2n) is 9.02. The van der Waals surface area contributed by atoms with Gasteiger partial charge in [0.2, 0.25) is 11.8 Å². The van der Waals surface area contributed by atoms with Crippen molar-refractivity contribution >= 4 is 39.3 Å². The number of alkyl carbamates (subject to hydrolysis) is 1. The Kier molecular flexibility index (Phi) is 6.50. The number of benzene rings is 1. The second kappa shape index (κ2) is 8.60. The number of aromatic nitrogens is 2. The summed E-state index contributed by atoms with van der Waals surface area (Å²) in [7, 11) is -3.58. The number of hydrogen-bond donors (Lipinski definition) is 2. The molecule has 0 bridgehead atoms. The third-order valence-corrected chi connectivity index (χ3v) is 8.01. The summed E-state index contributed by atoms with van der Waals surface area (Å²) in [6, 6.07) is 1.63. The lowest BCUT2D eigenvalue weighted by Crippen LogP contribution is -2.46. The number of ether oxygens (including phenoxy) is 1. The zero-order valence-electron chi connectivity index (χ0n) is 19.0. The van der Waals surface area contributed by atoms with Gasteiger partial charge in [0, 0.05) is 16.9 Å². The minimum Gasteiger partial charge on any atom is -0.444 e. The summed E-state index contributed by atoms with van der Waals surface area (Å²) < 4.78 is 48.1. The molecule has 3 rings (SSSR count). The fourth-order valence-corrected chi connectivity index (χ4v) is 4.13. The molecule has 2 heterocycles. The Morgan fingerprint density at radius 3 is 2.55 bits per heavy atom. The molecule has 2 N–H and O–H groups in total. The first-order chi connectivity index (χ1) is 15.1. The van der Waals surface area contributed by atoms with Gasteiger partial charge in [0.25, 0.3) is 5.89 Å². The molecule has 0 spiro atoms. The Hall–Kier alpha value is -2.67. The van der Waals surface area contributed by atoms with Crippen molar-refractivity contribution in [2.24, 2.45) is 0 Å². The van der Waals surface area contributed by atoms with E-state index in [-0.39, 0.29) is 28.8 Å². The van der Waals surface area contributed by atoms with Crippen LogP contribution in [0.25, 0.3) is 11.5 Å². The highest BCUT2D eigenvalue weighted by Gasteiger charge is 2.38. The molecule has 13 heteroatoms. The molecule has 1 atom stereocenters.